The fourth-order valence-corrected chi connectivity index (χ4v) is 2.24. The van der Waals surface area contributed by atoms with Crippen molar-refractivity contribution in [2.24, 2.45) is 0 Å². The SMILES string of the molecule is Oc1c(C2CCCNC2)cccc1C(F)(F)F. The maximum Gasteiger partial charge on any atom is 0.419 e. The van der Waals surface area contributed by atoms with Crippen LogP contribution in [0, 0.1) is 0 Å². The molecule has 1 aromatic rings. The van der Waals surface area contributed by atoms with Crippen LogP contribution in [0.2, 0.25) is 0 Å². The Kier molecular flexibility index (Phi) is 3.28. The van der Waals surface area contributed by atoms with Crippen LogP contribution in [0.3, 0.4) is 0 Å². The van der Waals surface area contributed by atoms with Gasteiger partial charge in [-0.3, -0.25) is 0 Å². The summed E-state index contributed by atoms with van der Waals surface area (Å²) in [4.78, 5) is 0. The first-order chi connectivity index (χ1) is 8.00. The summed E-state index contributed by atoms with van der Waals surface area (Å²) < 4.78 is 37.9. The van der Waals surface area contributed by atoms with Crippen molar-refractivity contribution < 1.29 is 18.3 Å². The standard InChI is InChI=1S/C12H14F3NO/c13-12(14,15)10-5-1-4-9(11(10)17)8-3-2-6-16-7-8/h1,4-5,8,16-17H,2-3,6-7H2. The molecular weight excluding hydrogens is 231 g/mol. The lowest BCUT2D eigenvalue weighted by Gasteiger charge is -2.24. The summed E-state index contributed by atoms with van der Waals surface area (Å²) in [5, 5.41) is 12.9. The molecule has 1 aromatic carbocycles. The zero-order chi connectivity index (χ0) is 12.5. The molecular formula is C12H14F3NO. The molecule has 1 atom stereocenters. The average Bonchev–Trinajstić information content (AvgIpc) is 2.29. The highest BCUT2D eigenvalue weighted by molar-refractivity contribution is 5.44. The van der Waals surface area contributed by atoms with E-state index >= 15 is 0 Å². The molecule has 0 spiro atoms. The molecule has 0 saturated carbocycles. The van der Waals surface area contributed by atoms with Crippen LogP contribution in [-0.2, 0) is 6.18 Å². The van der Waals surface area contributed by atoms with Crippen molar-refractivity contribution in [3.05, 3.63) is 29.3 Å². The number of phenolic OH excluding ortho intramolecular Hbond substituents is 1. The molecule has 5 heteroatoms. The van der Waals surface area contributed by atoms with E-state index in [4.69, 9.17) is 0 Å². The summed E-state index contributed by atoms with van der Waals surface area (Å²) in [6.45, 7) is 1.51. The molecule has 2 N–H and O–H groups in total. The molecule has 1 aliphatic rings. The number of hydrogen-bond donors (Lipinski definition) is 2. The third-order valence-electron chi connectivity index (χ3n) is 3.11. The summed E-state index contributed by atoms with van der Waals surface area (Å²) in [5.41, 5.74) is -0.549. The van der Waals surface area contributed by atoms with Crippen LogP contribution >= 0.6 is 0 Å². The first-order valence-electron chi connectivity index (χ1n) is 5.60. The Morgan fingerprint density at radius 3 is 2.65 bits per heavy atom. The van der Waals surface area contributed by atoms with Gasteiger partial charge in [0.15, 0.2) is 0 Å². The summed E-state index contributed by atoms with van der Waals surface area (Å²) in [6, 6.07) is 3.84. The van der Waals surface area contributed by atoms with E-state index in [2.05, 4.69) is 5.32 Å². The van der Waals surface area contributed by atoms with Crippen LogP contribution in [0.1, 0.15) is 29.9 Å². The Hall–Kier alpha value is -1.23. The van der Waals surface area contributed by atoms with Crippen molar-refractivity contribution in [2.45, 2.75) is 24.9 Å². The quantitative estimate of drug-likeness (QED) is 0.797. The number of aromatic hydroxyl groups is 1. The minimum absolute atomic E-state index is 0.0361. The van der Waals surface area contributed by atoms with Crippen LogP contribution < -0.4 is 5.32 Å². The predicted octanol–water partition coefficient (Wildman–Crippen LogP) is 2.88. The van der Waals surface area contributed by atoms with Crippen molar-refractivity contribution in [3.8, 4) is 5.75 Å². The van der Waals surface area contributed by atoms with Crippen LogP contribution in [-0.4, -0.2) is 18.2 Å². The van der Waals surface area contributed by atoms with E-state index < -0.39 is 17.5 Å². The number of benzene rings is 1. The summed E-state index contributed by atoms with van der Waals surface area (Å²) in [7, 11) is 0. The van der Waals surface area contributed by atoms with Crippen molar-refractivity contribution in [3.63, 3.8) is 0 Å². The number of halogens is 3. The van der Waals surface area contributed by atoms with Gasteiger partial charge < -0.3 is 10.4 Å². The largest absolute Gasteiger partial charge is 0.507 e. The zero-order valence-electron chi connectivity index (χ0n) is 9.22. The predicted molar refractivity (Wildman–Crippen MR) is 58.0 cm³/mol. The third kappa shape index (κ3) is 2.54. The van der Waals surface area contributed by atoms with Gasteiger partial charge in [0.05, 0.1) is 5.56 Å². The molecule has 0 radical (unpaired) electrons. The third-order valence-corrected chi connectivity index (χ3v) is 3.11. The lowest BCUT2D eigenvalue weighted by Crippen LogP contribution is -2.28. The van der Waals surface area contributed by atoms with Gasteiger partial charge in [0.25, 0.3) is 0 Å². The van der Waals surface area contributed by atoms with E-state index in [9.17, 15) is 18.3 Å². The van der Waals surface area contributed by atoms with Gasteiger partial charge in [-0.1, -0.05) is 12.1 Å². The van der Waals surface area contributed by atoms with E-state index in [0.717, 1.165) is 25.5 Å². The van der Waals surface area contributed by atoms with Gasteiger partial charge in [-0.15, -0.1) is 0 Å². The number of nitrogens with one attached hydrogen (secondary N) is 1. The number of piperidine rings is 1. The molecule has 2 rings (SSSR count). The summed E-state index contributed by atoms with van der Waals surface area (Å²) in [6.07, 6.45) is -2.77. The Balaban J connectivity index is 2.35. The molecule has 0 aromatic heterocycles. The highest BCUT2D eigenvalue weighted by Crippen LogP contribution is 2.40. The zero-order valence-corrected chi connectivity index (χ0v) is 9.22. The molecule has 1 aliphatic heterocycles. The molecule has 94 valence electrons. The maximum absolute atomic E-state index is 12.6. The van der Waals surface area contributed by atoms with E-state index in [1.54, 1.807) is 6.07 Å². The van der Waals surface area contributed by atoms with Crippen molar-refractivity contribution in [1.29, 1.82) is 0 Å². The van der Waals surface area contributed by atoms with Gasteiger partial charge in [0, 0.05) is 12.5 Å². The second-order valence-electron chi connectivity index (χ2n) is 4.28. The van der Waals surface area contributed by atoms with Crippen molar-refractivity contribution in [1.82, 2.24) is 5.32 Å². The minimum atomic E-state index is -4.50. The topological polar surface area (TPSA) is 32.3 Å². The van der Waals surface area contributed by atoms with Gasteiger partial charge in [-0.05, 0) is 31.0 Å². The second-order valence-corrected chi connectivity index (χ2v) is 4.28. The highest BCUT2D eigenvalue weighted by atomic mass is 19.4. The molecule has 0 amide bonds. The van der Waals surface area contributed by atoms with E-state index in [-0.39, 0.29) is 5.92 Å². The molecule has 1 unspecified atom stereocenters. The first-order valence-corrected chi connectivity index (χ1v) is 5.60. The summed E-state index contributed by atoms with van der Waals surface area (Å²) in [5.74, 6) is -0.653. The Labute approximate surface area is 97.5 Å². The van der Waals surface area contributed by atoms with Gasteiger partial charge in [0.2, 0.25) is 0 Å². The van der Waals surface area contributed by atoms with Gasteiger partial charge in [0.1, 0.15) is 5.75 Å². The second kappa shape index (κ2) is 4.56. The number of alkyl halides is 3. The van der Waals surface area contributed by atoms with E-state index in [0.29, 0.717) is 12.1 Å². The van der Waals surface area contributed by atoms with Crippen molar-refractivity contribution >= 4 is 0 Å². The molecule has 1 saturated heterocycles. The number of hydrogen-bond acceptors (Lipinski definition) is 2. The van der Waals surface area contributed by atoms with Crippen molar-refractivity contribution in [2.75, 3.05) is 13.1 Å². The van der Waals surface area contributed by atoms with Crippen LogP contribution in [0.4, 0.5) is 13.2 Å². The first kappa shape index (κ1) is 12.2. The monoisotopic (exact) mass is 245 g/mol. The number of para-hydroxylation sites is 1. The fraction of sp³-hybridized carbons (Fsp3) is 0.500. The molecule has 17 heavy (non-hydrogen) atoms. The normalized spacial score (nSPS) is 21.5. The fourth-order valence-electron chi connectivity index (χ4n) is 2.24. The van der Waals surface area contributed by atoms with Gasteiger partial charge in [-0.2, -0.15) is 13.2 Å². The average molecular weight is 245 g/mol. The molecule has 2 nitrogen and oxygen atoms in total. The molecule has 0 bridgehead atoms. The van der Waals surface area contributed by atoms with Gasteiger partial charge in [-0.25, -0.2) is 0 Å². The van der Waals surface area contributed by atoms with Crippen LogP contribution in [0.15, 0.2) is 18.2 Å². The maximum atomic E-state index is 12.6. The lowest BCUT2D eigenvalue weighted by atomic mass is 9.89. The smallest absolute Gasteiger partial charge is 0.419 e. The molecule has 0 aliphatic carbocycles. The Morgan fingerprint density at radius 1 is 1.29 bits per heavy atom. The Bertz CT molecular complexity index is 397. The van der Waals surface area contributed by atoms with E-state index in [1.807, 2.05) is 0 Å². The summed E-state index contributed by atoms with van der Waals surface area (Å²) >= 11 is 0. The molecule has 1 fully saturated rings. The molecule has 1 heterocycles. The highest BCUT2D eigenvalue weighted by Gasteiger charge is 2.35. The minimum Gasteiger partial charge on any atom is -0.507 e. The lowest BCUT2D eigenvalue weighted by molar-refractivity contribution is -0.138. The van der Waals surface area contributed by atoms with E-state index in [1.165, 1.54) is 6.07 Å². The Morgan fingerprint density at radius 2 is 2.06 bits per heavy atom. The number of phenols is 1. The van der Waals surface area contributed by atoms with Gasteiger partial charge >= 0.3 is 6.18 Å². The van der Waals surface area contributed by atoms with Crippen LogP contribution in [0.25, 0.3) is 0 Å². The number of rotatable bonds is 1. The van der Waals surface area contributed by atoms with Crippen LogP contribution in [0.5, 0.6) is 5.75 Å².